The van der Waals surface area contributed by atoms with E-state index in [1.54, 1.807) is 0 Å². The molecule has 1 amide bonds. The molecule has 1 aliphatic carbocycles. The molecule has 2 rings (SSSR count). The highest BCUT2D eigenvalue weighted by atomic mass is 16.5. The molecule has 1 saturated carbocycles. The molecule has 2 aliphatic rings. The SMILES string of the molecule is CC1COC(CO)CN1C(=O)C1CC1(C)C. The molecule has 3 atom stereocenters. The van der Waals surface area contributed by atoms with Gasteiger partial charge in [-0.15, -0.1) is 0 Å². The quantitative estimate of drug-likeness (QED) is 0.753. The molecule has 1 N–H and O–H groups in total. The molecule has 92 valence electrons. The fourth-order valence-corrected chi connectivity index (χ4v) is 2.32. The first-order chi connectivity index (χ1) is 7.45. The molecule has 0 spiro atoms. The third-order valence-corrected chi connectivity index (χ3v) is 3.80. The highest BCUT2D eigenvalue weighted by Gasteiger charge is 2.52. The van der Waals surface area contributed by atoms with Crippen LogP contribution in [0.4, 0.5) is 0 Å². The summed E-state index contributed by atoms with van der Waals surface area (Å²) in [6.07, 6.45) is 0.779. The summed E-state index contributed by atoms with van der Waals surface area (Å²) in [4.78, 5) is 14.1. The van der Waals surface area contributed by atoms with Crippen LogP contribution in [0.25, 0.3) is 0 Å². The number of ether oxygens (including phenoxy) is 1. The van der Waals surface area contributed by atoms with Crippen LogP contribution in [0, 0.1) is 11.3 Å². The Balaban J connectivity index is 1.99. The van der Waals surface area contributed by atoms with Gasteiger partial charge in [-0.05, 0) is 18.8 Å². The topological polar surface area (TPSA) is 49.8 Å². The van der Waals surface area contributed by atoms with Gasteiger partial charge in [0, 0.05) is 12.5 Å². The number of rotatable bonds is 2. The van der Waals surface area contributed by atoms with Crippen LogP contribution in [0.2, 0.25) is 0 Å². The van der Waals surface area contributed by atoms with E-state index in [1.807, 2.05) is 11.8 Å². The van der Waals surface area contributed by atoms with Gasteiger partial charge in [-0.25, -0.2) is 0 Å². The molecule has 0 bridgehead atoms. The van der Waals surface area contributed by atoms with Gasteiger partial charge in [-0.3, -0.25) is 4.79 Å². The number of nitrogens with zero attached hydrogens (tertiary/aromatic N) is 1. The van der Waals surface area contributed by atoms with Crippen LogP contribution in [-0.2, 0) is 9.53 Å². The summed E-state index contributed by atoms with van der Waals surface area (Å²) in [7, 11) is 0. The zero-order valence-corrected chi connectivity index (χ0v) is 10.3. The van der Waals surface area contributed by atoms with Crippen molar-refractivity contribution in [1.82, 2.24) is 4.90 Å². The Morgan fingerprint density at radius 2 is 2.19 bits per heavy atom. The normalized spacial score (nSPS) is 37.2. The van der Waals surface area contributed by atoms with Crippen molar-refractivity contribution in [2.24, 2.45) is 11.3 Å². The average molecular weight is 227 g/mol. The van der Waals surface area contributed by atoms with Crippen LogP contribution in [0.1, 0.15) is 27.2 Å². The summed E-state index contributed by atoms with van der Waals surface area (Å²) < 4.78 is 5.43. The maximum atomic E-state index is 12.2. The van der Waals surface area contributed by atoms with Crippen molar-refractivity contribution in [3.8, 4) is 0 Å². The molecule has 1 saturated heterocycles. The Bertz CT molecular complexity index is 290. The smallest absolute Gasteiger partial charge is 0.226 e. The molecule has 2 fully saturated rings. The lowest BCUT2D eigenvalue weighted by Gasteiger charge is -2.37. The van der Waals surface area contributed by atoms with Gasteiger partial charge in [0.15, 0.2) is 0 Å². The highest BCUT2D eigenvalue weighted by Crippen LogP contribution is 2.52. The number of morpholine rings is 1. The first kappa shape index (κ1) is 11.9. The van der Waals surface area contributed by atoms with Crippen LogP contribution in [0.5, 0.6) is 0 Å². The van der Waals surface area contributed by atoms with Crippen LogP contribution >= 0.6 is 0 Å². The zero-order chi connectivity index (χ0) is 11.9. The van der Waals surface area contributed by atoms with Crippen molar-refractivity contribution in [1.29, 1.82) is 0 Å². The van der Waals surface area contributed by atoms with Crippen molar-refractivity contribution < 1.29 is 14.6 Å². The molecule has 0 radical (unpaired) electrons. The standard InChI is InChI=1S/C12H21NO3/c1-8-7-16-9(6-14)5-13(8)11(15)10-4-12(10,2)3/h8-10,14H,4-7H2,1-3H3. The highest BCUT2D eigenvalue weighted by molar-refractivity contribution is 5.82. The van der Waals surface area contributed by atoms with E-state index in [4.69, 9.17) is 9.84 Å². The minimum Gasteiger partial charge on any atom is -0.394 e. The van der Waals surface area contributed by atoms with E-state index < -0.39 is 0 Å². The van der Waals surface area contributed by atoms with Crippen molar-refractivity contribution in [2.75, 3.05) is 19.8 Å². The number of aliphatic hydroxyl groups excluding tert-OH is 1. The summed E-state index contributed by atoms with van der Waals surface area (Å²) in [6, 6.07) is 0.131. The molecule has 0 aromatic rings. The van der Waals surface area contributed by atoms with Crippen molar-refractivity contribution in [2.45, 2.75) is 39.3 Å². The summed E-state index contributed by atoms with van der Waals surface area (Å²) in [5.74, 6) is 0.409. The summed E-state index contributed by atoms with van der Waals surface area (Å²) in [6.45, 7) is 7.31. The lowest BCUT2D eigenvalue weighted by Crippen LogP contribution is -2.52. The second-order valence-electron chi connectivity index (χ2n) is 5.72. The summed E-state index contributed by atoms with van der Waals surface area (Å²) in [5, 5.41) is 9.07. The Hall–Kier alpha value is -0.610. The second-order valence-corrected chi connectivity index (χ2v) is 5.72. The fraction of sp³-hybridized carbons (Fsp3) is 0.917. The van der Waals surface area contributed by atoms with Crippen LogP contribution < -0.4 is 0 Å². The number of hydrogen-bond acceptors (Lipinski definition) is 3. The molecule has 1 heterocycles. The van der Waals surface area contributed by atoms with Gasteiger partial charge in [0.25, 0.3) is 0 Å². The van der Waals surface area contributed by atoms with Gasteiger partial charge in [-0.1, -0.05) is 13.8 Å². The minimum atomic E-state index is -0.206. The Morgan fingerprint density at radius 1 is 1.56 bits per heavy atom. The van der Waals surface area contributed by atoms with Gasteiger partial charge in [0.2, 0.25) is 5.91 Å². The van der Waals surface area contributed by atoms with E-state index >= 15 is 0 Å². The van der Waals surface area contributed by atoms with E-state index in [9.17, 15) is 4.79 Å². The van der Waals surface area contributed by atoms with Gasteiger partial charge in [-0.2, -0.15) is 0 Å². The number of amides is 1. The van der Waals surface area contributed by atoms with Crippen molar-refractivity contribution in [3.63, 3.8) is 0 Å². The van der Waals surface area contributed by atoms with Gasteiger partial charge < -0.3 is 14.7 Å². The van der Waals surface area contributed by atoms with Gasteiger partial charge in [0.05, 0.1) is 25.4 Å². The van der Waals surface area contributed by atoms with E-state index in [1.165, 1.54) is 0 Å². The Kier molecular flexibility index (Phi) is 2.97. The van der Waals surface area contributed by atoms with Crippen molar-refractivity contribution in [3.05, 3.63) is 0 Å². The largest absolute Gasteiger partial charge is 0.394 e. The van der Waals surface area contributed by atoms with Crippen LogP contribution in [-0.4, -0.2) is 47.8 Å². The summed E-state index contributed by atoms with van der Waals surface area (Å²) in [5.41, 5.74) is 0.170. The first-order valence-corrected chi connectivity index (χ1v) is 5.98. The fourth-order valence-electron chi connectivity index (χ4n) is 2.32. The maximum absolute atomic E-state index is 12.2. The third kappa shape index (κ3) is 2.09. The molecule has 1 aliphatic heterocycles. The zero-order valence-electron chi connectivity index (χ0n) is 10.3. The number of carbonyl (C=O) groups is 1. The molecule has 4 nitrogen and oxygen atoms in total. The molecular weight excluding hydrogens is 206 g/mol. The van der Waals surface area contributed by atoms with Crippen LogP contribution in [0.15, 0.2) is 0 Å². The maximum Gasteiger partial charge on any atom is 0.226 e. The predicted molar refractivity (Wildman–Crippen MR) is 59.9 cm³/mol. The third-order valence-electron chi connectivity index (χ3n) is 3.80. The first-order valence-electron chi connectivity index (χ1n) is 5.98. The second kappa shape index (κ2) is 4.00. The Morgan fingerprint density at radius 3 is 2.69 bits per heavy atom. The molecule has 0 aromatic carbocycles. The molecule has 0 aromatic heterocycles. The number of aliphatic hydroxyl groups is 1. The molecule has 4 heteroatoms. The monoisotopic (exact) mass is 227 g/mol. The molecule has 3 unspecified atom stereocenters. The van der Waals surface area contributed by atoms with Crippen LogP contribution in [0.3, 0.4) is 0 Å². The Labute approximate surface area is 96.6 Å². The van der Waals surface area contributed by atoms with Gasteiger partial charge in [0.1, 0.15) is 0 Å². The number of carbonyl (C=O) groups excluding carboxylic acids is 1. The molecular formula is C12H21NO3. The van der Waals surface area contributed by atoms with E-state index in [0.29, 0.717) is 13.2 Å². The molecule has 16 heavy (non-hydrogen) atoms. The number of hydrogen-bond donors (Lipinski definition) is 1. The van der Waals surface area contributed by atoms with E-state index in [2.05, 4.69) is 13.8 Å². The van der Waals surface area contributed by atoms with Crippen molar-refractivity contribution >= 4 is 5.91 Å². The predicted octanol–water partition coefficient (Wildman–Crippen LogP) is 0.641. The van der Waals surface area contributed by atoms with E-state index in [0.717, 1.165) is 6.42 Å². The lowest BCUT2D eigenvalue weighted by molar-refractivity contribution is -0.148. The lowest BCUT2D eigenvalue weighted by atomic mass is 10.1. The van der Waals surface area contributed by atoms with Gasteiger partial charge >= 0.3 is 0 Å². The minimum absolute atomic E-state index is 0.00937. The van der Waals surface area contributed by atoms with E-state index in [-0.39, 0.29) is 36.0 Å². The average Bonchev–Trinajstić information content (AvgIpc) is 2.87. The summed E-state index contributed by atoms with van der Waals surface area (Å²) >= 11 is 0.